The van der Waals surface area contributed by atoms with Crippen LogP contribution >= 0.6 is 0 Å². The number of methoxy groups -OCH3 is 1. The van der Waals surface area contributed by atoms with Gasteiger partial charge in [-0.1, -0.05) is 24.3 Å². The summed E-state index contributed by atoms with van der Waals surface area (Å²) < 4.78 is 32.9. The van der Waals surface area contributed by atoms with Gasteiger partial charge in [0.2, 0.25) is 0 Å². The summed E-state index contributed by atoms with van der Waals surface area (Å²) in [6.45, 7) is 0. The van der Waals surface area contributed by atoms with Crippen LogP contribution in [0.3, 0.4) is 0 Å². The van der Waals surface area contributed by atoms with Gasteiger partial charge in [0, 0.05) is 9.79 Å². The average molecular weight is 321 g/mol. The zero-order valence-corrected chi connectivity index (χ0v) is 12.6. The van der Waals surface area contributed by atoms with E-state index in [1.807, 2.05) is 0 Å². The van der Waals surface area contributed by atoms with Crippen LogP contribution in [0.25, 0.3) is 0 Å². The molecule has 2 aromatic rings. The number of hydrogen-bond donors (Lipinski definition) is 0. The first-order valence-corrected chi connectivity index (χ1v) is 8.65. The van der Waals surface area contributed by atoms with Crippen molar-refractivity contribution in [2.45, 2.75) is 14.7 Å². The summed E-state index contributed by atoms with van der Waals surface area (Å²) >= 11 is 0. The van der Waals surface area contributed by atoms with Crippen molar-refractivity contribution in [2.24, 2.45) is 3.77 Å². The molecule has 2 aromatic carbocycles. The van der Waals surface area contributed by atoms with Gasteiger partial charge in [-0.15, -0.1) is 3.77 Å². The summed E-state index contributed by atoms with van der Waals surface area (Å²) in [5.41, 5.74) is 0.332. The monoisotopic (exact) mass is 321 g/mol. The van der Waals surface area contributed by atoms with Crippen LogP contribution in [0.4, 0.5) is 0 Å². The van der Waals surface area contributed by atoms with Gasteiger partial charge in [0.05, 0.1) is 12.7 Å². The number of carbonyl (C=O) groups is 1. The normalized spacial score (nSPS) is 18.6. The van der Waals surface area contributed by atoms with Gasteiger partial charge < -0.3 is 4.74 Å². The van der Waals surface area contributed by atoms with E-state index < -0.39 is 26.7 Å². The molecule has 0 amide bonds. The molecule has 108 valence electrons. The summed E-state index contributed by atoms with van der Waals surface area (Å²) in [7, 11) is -3.41. The van der Waals surface area contributed by atoms with E-state index in [0.29, 0.717) is 15.4 Å². The first kappa shape index (κ1) is 14.0. The fourth-order valence-corrected chi connectivity index (χ4v) is 6.22. The molecule has 0 bridgehead atoms. The zero-order chi connectivity index (χ0) is 15.0. The van der Waals surface area contributed by atoms with Crippen LogP contribution in [0.1, 0.15) is 10.4 Å². The van der Waals surface area contributed by atoms with Crippen LogP contribution in [0, 0.1) is 0 Å². The predicted octanol–water partition coefficient (Wildman–Crippen LogP) is 2.40. The Bertz CT molecular complexity index is 872. The fraction of sp³-hybridized carbons (Fsp3) is 0.0714. The van der Waals surface area contributed by atoms with Crippen molar-refractivity contribution in [1.29, 1.82) is 0 Å². The van der Waals surface area contributed by atoms with Crippen LogP contribution < -0.4 is 0 Å². The van der Waals surface area contributed by atoms with Crippen molar-refractivity contribution in [2.75, 3.05) is 7.11 Å². The van der Waals surface area contributed by atoms with Crippen molar-refractivity contribution in [3.8, 4) is 0 Å². The zero-order valence-electron chi connectivity index (χ0n) is 11.0. The largest absolute Gasteiger partial charge is 0.465 e. The molecule has 3 rings (SSSR count). The second-order valence-electron chi connectivity index (χ2n) is 4.27. The highest BCUT2D eigenvalue weighted by Crippen LogP contribution is 2.35. The highest BCUT2D eigenvalue weighted by atomic mass is 32.3. The average Bonchev–Trinajstić information content (AvgIpc) is 2.79. The maximum atomic E-state index is 12.1. The molecule has 0 radical (unpaired) electrons. The molecule has 0 aromatic heterocycles. The Hall–Kier alpha value is -1.99. The van der Waals surface area contributed by atoms with Crippen molar-refractivity contribution >= 4 is 26.7 Å². The molecule has 5 nitrogen and oxygen atoms in total. The standard InChI is InChI=1S/C14H11NO4S2/c1-19-14(16)10-6-2-3-7-11(10)20-12-8-4-5-9-13(12)21(17,18)15-20/h2-9H,1H3/t20-/m1/s1. The summed E-state index contributed by atoms with van der Waals surface area (Å²) in [6, 6.07) is 13.4. The van der Waals surface area contributed by atoms with Crippen molar-refractivity contribution in [3.05, 3.63) is 54.1 Å². The molecule has 0 aliphatic carbocycles. The number of esters is 1. The highest BCUT2D eigenvalue weighted by molar-refractivity contribution is 8.03. The smallest absolute Gasteiger partial charge is 0.339 e. The Morgan fingerprint density at radius 1 is 1.05 bits per heavy atom. The van der Waals surface area contributed by atoms with Crippen LogP contribution in [-0.2, 0) is 25.5 Å². The van der Waals surface area contributed by atoms with E-state index in [4.69, 9.17) is 4.74 Å². The number of fused-ring (bicyclic) bond motifs is 1. The van der Waals surface area contributed by atoms with Crippen LogP contribution in [0.15, 0.2) is 67.0 Å². The van der Waals surface area contributed by atoms with Crippen LogP contribution in [0.2, 0.25) is 0 Å². The highest BCUT2D eigenvalue weighted by Gasteiger charge is 2.30. The lowest BCUT2D eigenvalue weighted by atomic mass is 10.2. The Balaban J connectivity index is 2.27. The third kappa shape index (κ3) is 2.28. The number of sulfonamides is 1. The van der Waals surface area contributed by atoms with Crippen LogP contribution in [-0.4, -0.2) is 21.5 Å². The molecular formula is C14H11NO4S2. The first-order valence-electron chi connectivity index (χ1n) is 6.03. The molecule has 21 heavy (non-hydrogen) atoms. The van der Waals surface area contributed by atoms with E-state index >= 15 is 0 Å². The fourth-order valence-electron chi connectivity index (χ4n) is 2.07. The Morgan fingerprint density at radius 3 is 2.38 bits per heavy atom. The summed E-state index contributed by atoms with van der Waals surface area (Å²) in [5, 5.41) is 0. The van der Waals surface area contributed by atoms with Gasteiger partial charge in [0.1, 0.15) is 4.90 Å². The maximum Gasteiger partial charge on any atom is 0.339 e. The van der Waals surface area contributed by atoms with E-state index in [9.17, 15) is 13.2 Å². The molecule has 1 atom stereocenters. The second kappa shape index (κ2) is 5.09. The SMILES string of the molecule is COC(=O)c1ccccc1[S@]1=NS(=O)(=O)c2ccccc21. The van der Waals surface area contributed by atoms with E-state index in [2.05, 4.69) is 3.77 Å². The molecular weight excluding hydrogens is 310 g/mol. The summed E-state index contributed by atoms with van der Waals surface area (Å²) in [6.07, 6.45) is 0. The molecule has 0 unspecified atom stereocenters. The maximum absolute atomic E-state index is 12.1. The van der Waals surface area contributed by atoms with Gasteiger partial charge in [0.15, 0.2) is 0 Å². The number of ether oxygens (including phenoxy) is 1. The molecule has 7 heteroatoms. The minimum absolute atomic E-state index is 0.202. The van der Waals surface area contributed by atoms with E-state index in [0.717, 1.165) is 0 Å². The lowest BCUT2D eigenvalue weighted by Gasteiger charge is -2.08. The van der Waals surface area contributed by atoms with Gasteiger partial charge in [-0.2, -0.15) is 8.42 Å². The Labute approximate surface area is 124 Å². The molecule has 0 saturated carbocycles. The van der Waals surface area contributed by atoms with Gasteiger partial charge in [-0.25, -0.2) is 4.79 Å². The molecule has 0 saturated heterocycles. The number of nitrogens with zero attached hydrogens (tertiary/aromatic N) is 1. The third-order valence-corrected chi connectivity index (χ3v) is 6.98. The van der Waals surface area contributed by atoms with Gasteiger partial charge in [-0.3, -0.25) is 0 Å². The van der Waals surface area contributed by atoms with Crippen molar-refractivity contribution < 1.29 is 17.9 Å². The van der Waals surface area contributed by atoms with E-state index in [-0.39, 0.29) is 4.90 Å². The quantitative estimate of drug-likeness (QED) is 0.796. The minimum atomic E-state index is -3.67. The lowest BCUT2D eigenvalue weighted by Crippen LogP contribution is -2.06. The molecule has 0 fully saturated rings. The van der Waals surface area contributed by atoms with Crippen LogP contribution in [0.5, 0.6) is 0 Å². The van der Waals surface area contributed by atoms with Crippen molar-refractivity contribution in [3.63, 3.8) is 0 Å². The summed E-state index contributed by atoms with van der Waals surface area (Å²) in [4.78, 5) is 13.2. The molecule has 1 aliphatic rings. The van der Waals surface area contributed by atoms with Crippen molar-refractivity contribution in [1.82, 2.24) is 0 Å². The first-order chi connectivity index (χ1) is 10.0. The van der Waals surface area contributed by atoms with Gasteiger partial charge in [0.25, 0.3) is 10.0 Å². The number of carbonyl (C=O) groups excluding carboxylic acids is 1. The number of hydrogen-bond acceptors (Lipinski definition) is 4. The topological polar surface area (TPSA) is 72.8 Å². The Morgan fingerprint density at radius 2 is 1.67 bits per heavy atom. The molecule has 1 aliphatic heterocycles. The minimum Gasteiger partial charge on any atom is -0.465 e. The second-order valence-corrected chi connectivity index (χ2v) is 7.70. The molecule has 0 spiro atoms. The van der Waals surface area contributed by atoms with Gasteiger partial charge >= 0.3 is 5.97 Å². The molecule has 0 N–H and O–H groups in total. The lowest BCUT2D eigenvalue weighted by molar-refractivity contribution is 0.0596. The van der Waals surface area contributed by atoms with E-state index in [1.54, 1.807) is 42.5 Å². The van der Waals surface area contributed by atoms with Gasteiger partial charge in [-0.05, 0) is 35.0 Å². The number of rotatable bonds is 2. The Kier molecular flexibility index (Phi) is 3.38. The molecule has 1 heterocycles. The number of benzene rings is 2. The van der Waals surface area contributed by atoms with E-state index in [1.165, 1.54) is 13.2 Å². The third-order valence-electron chi connectivity index (χ3n) is 3.01. The summed E-state index contributed by atoms with van der Waals surface area (Å²) in [5.74, 6) is -0.505. The predicted molar refractivity (Wildman–Crippen MR) is 77.7 cm³/mol.